The molecule has 0 radical (unpaired) electrons. The van der Waals surface area contributed by atoms with Crippen molar-refractivity contribution in [3.63, 3.8) is 0 Å². The monoisotopic (exact) mass is 559 g/mol. The smallest absolute Gasteiger partial charge is 0.294 e. The Hall–Kier alpha value is -4.72. The SMILES string of the molecule is O=C(NO)c1ccc(COc2c(-c3ccccc3)c3ccccc3n(C3CCN(Cc4ccccc4)CC3)c2=O)cc1. The highest BCUT2D eigenvalue weighted by Gasteiger charge is 2.27. The Morgan fingerprint density at radius 2 is 1.45 bits per heavy atom. The molecule has 5 aromatic rings. The van der Waals surface area contributed by atoms with E-state index in [0.29, 0.717) is 11.3 Å². The molecule has 1 aromatic heterocycles. The summed E-state index contributed by atoms with van der Waals surface area (Å²) in [6.45, 7) is 2.88. The van der Waals surface area contributed by atoms with Gasteiger partial charge in [0, 0.05) is 42.2 Å². The Balaban J connectivity index is 1.36. The second kappa shape index (κ2) is 12.4. The number of hydroxylamine groups is 1. The molecular formula is C35H33N3O4. The first-order chi connectivity index (χ1) is 20.6. The van der Waals surface area contributed by atoms with Crippen molar-refractivity contribution in [2.75, 3.05) is 13.1 Å². The van der Waals surface area contributed by atoms with Crippen LogP contribution in [0.5, 0.6) is 5.75 Å². The molecule has 4 aromatic carbocycles. The minimum absolute atomic E-state index is 0.0536. The van der Waals surface area contributed by atoms with E-state index in [-0.39, 0.29) is 18.2 Å². The highest BCUT2D eigenvalue weighted by Crippen LogP contribution is 2.37. The predicted octanol–water partition coefficient (Wildman–Crippen LogP) is 6.20. The highest BCUT2D eigenvalue weighted by atomic mass is 16.5. The number of ether oxygens (including phenoxy) is 1. The van der Waals surface area contributed by atoms with Gasteiger partial charge in [-0.3, -0.25) is 19.7 Å². The van der Waals surface area contributed by atoms with Crippen LogP contribution in [0.3, 0.4) is 0 Å². The van der Waals surface area contributed by atoms with Gasteiger partial charge in [-0.25, -0.2) is 5.48 Å². The number of fused-ring (bicyclic) bond motifs is 1. The Labute approximate surface area is 244 Å². The van der Waals surface area contributed by atoms with Crippen LogP contribution in [0.2, 0.25) is 0 Å². The van der Waals surface area contributed by atoms with Crippen molar-refractivity contribution in [1.29, 1.82) is 0 Å². The normalized spacial score (nSPS) is 14.1. The number of pyridine rings is 1. The minimum Gasteiger partial charge on any atom is -0.483 e. The Kier molecular flexibility index (Phi) is 8.12. The number of benzene rings is 4. The Bertz CT molecular complexity index is 1730. The lowest BCUT2D eigenvalue weighted by Gasteiger charge is -2.34. The lowest BCUT2D eigenvalue weighted by molar-refractivity contribution is 0.0706. The zero-order chi connectivity index (χ0) is 28.9. The number of carbonyl (C=O) groups excluding carboxylic acids is 1. The number of hydrogen-bond donors (Lipinski definition) is 2. The molecule has 2 heterocycles. The molecule has 0 saturated carbocycles. The third-order valence-electron chi connectivity index (χ3n) is 8.01. The highest BCUT2D eigenvalue weighted by molar-refractivity contribution is 5.98. The van der Waals surface area contributed by atoms with Crippen molar-refractivity contribution in [3.05, 3.63) is 136 Å². The first kappa shape index (κ1) is 27.4. The van der Waals surface area contributed by atoms with E-state index in [1.165, 1.54) is 5.56 Å². The summed E-state index contributed by atoms with van der Waals surface area (Å²) in [6, 6.07) is 35.3. The third kappa shape index (κ3) is 5.70. The van der Waals surface area contributed by atoms with E-state index >= 15 is 0 Å². The van der Waals surface area contributed by atoms with E-state index in [4.69, 9.17) is 9.94 Å². The average molecular weight is 560 g/mol. The maximum atomic E-state index is 14.4. The Morgan fingerprint density at radius 3 is 2.14 bits per heavy atom. The summed E-state index contributed by atoms with van der Waals surface area (Å²) in [6.07, 6.45) is 1.74. The number of rotatable bonds is 8. The number of piperidine rings is 1. The van der Waals surface area contributed by atoms with Crippen LogP contribution in [-0.2, 0) is 13.2 Å². The van der Waals surface area contributed by atoms with Crippen LogP contribution < -0.4 is 15.8 Å². The van der Waals surface area contributed by atoms with Crippen LogP contribution in [0.15, 0.2) is 114 Å². The van der Waals surface area contributed by atoms with Crippen molar-refractivity contribution >= 4 is 16.8 Å². The molecule has 1 fully saturated rings. The second-order valence-electron chi connectivity index (χ2n) is 10.7. The number of carbonyl (C=O) groups is 1. The first-order valence-corrected chi connectivity index (χ1v) is 14.3. The largest absolute Gasteiger partial charge is 0.483 e. The van der Waals surface area contributed by atoms with Crippen LogP contribution in [0.1, 0.15) is 40.4 Å². The van der Waals surface area contributed by atoms with Crippen molar-refractivity contribution in [1.82, 2.24) is 14.9 Å². The van der Waals surface area contributed by atoms with Crippen LogP contribution in [0.25, 0.3) is 22.0 Å². The van der Waals surface area contributed by atoms with Gasteiger partial charge in [-0.2, -0.15) is 0 Å². The zero-order valence-corrected chi connectivity index (χ0v) is 23.3. The number of hydrogen-bond acceptors (Lipinski definition) is 5. The molecule has 1 saturated heterocycles. The van der Waals surface area contributed by atoms with Crippen molar-refractivity contribution < 1.29 is 14.7 Å². The average Bonchev–Trinajstić information content (AvgIpc) is 3.05. The number of nitrogens with one attached hydrogen (secondary N) is 1. The van der Waals surface area contributed by atoms with Crippen LogP contribution in [-0.4, -0.2) is 33.7 Å². The predicted molar refractivity (Wildman–Crippen MR) is 164 cm³/mol. The topological polar surface area (TPSA) is 83.8 Å². The lowest BCUT2D eigenvalue weighted by atomic mass is 9.97. The molecule has 0 aliphatic carbocycles. The van der Waals surface area contributed by atoms with Gasteiger partial charge in [-0.15, -0.1) is 0 Å². The number of likely N-dealkylation sites (tertiary alicyclic amines) is 1. The molecule has 1 aliphatic rings. The molecule has 42 heavy (non-hydrogen) atoms. The van der Waals surface area contributed by atoms with E-state index in [1.54, 1.807) is 29.7 Å². The molecule has 7 nitrogen and oxygen atoms in total. The van der Waals surface area contributed by atoms with Gasteiger partial charge in [-0.05, 0) is 47.7 Å². The van der Waals surface area contributed by atoms with Crippen LogP contribution >= 0.6 is 0 Å². The summed E-state index contributed by atoms with van der Waals surface area (Å²) in [5.41, 5.74) is 6.55. The van der Waals surface area contributed by atoms with Crippen molar-refractivity contribution in [2.45, 2.75) is 32.0 Å². The minimum atomic E-state index is -0.582. The maximum absolute atomic E-state index is 14.4. The molecule has 7 heteroatoms. The maximum Gasteiger partial charge on any atom is 0.294 e. The summed E-state index contributed by atoms with van der Waals surface area (Å²) in [5, 5.41) is 9.89. The molecule has 0 atom stereocenters. The Morgan fingerprint density at radius 1 is 0.810 bits per heavy atom. The summed E-state index contributed by atoms with van der Waals surface area (Å²) in [7, 11) is 0. The van der Waals surface area contributed by atoms with Gasteiger partial charge in [0.2, 0.25) is 0 Å². The van der Waals surface area contributed by atoms with E-state index in [1.807, 2.05) is 59.2 Å². The van der Waals surface area contributed by atoms with E-state index in [0.717, 1.165) is 60.1 Å². The van der Waals surface area contributed by atoms with Gasteiger partial charge in [0.15, 0.2) is 5.75 Å². The molecule has 0 unspecified atom stereocenters. The standard InChI is InChI=1S/C35H33N3O4/c39-34(36-41)28-17-15-26(16-18-28)24-42-33-32(27-11-5-2-6-12-27)30-13-7-8-14-31(30)38(35(33)40)29-19-21-37(22-20-29)23-25-9-3-1-4-10-25/h1-18,29,41H,19-24H2,(H,36,39). The zero-order valence-electron chi connectivity index (χ0n) is 23.3. The van der Waals surface area contributed by atoms with Gasteiger partial charge < -0.3 is 9.30 Å². The first-order valence-electron chi connectivity index (χ1n) is 14.3. The fraction of sp³-hybridized carbons (Fsp3) is 0.200. The van der Waals surface area contributed by atoms with Gasteiger partial charge in [0.25, 0.3) is 11.5 Å². The molecule has 0 bridgehead atoms. The lowest BCUT2D eigenvalue weighted by Crippen LogP contribution is -2.37. The number of para-hydroxylation sites is 1. The number of aromatic nitrogens is 1. The quantitative estimate of drug-likeness (QED) is 0.175. The van der Waals surface area contributed by atoms with Gasteiger partial charge in [0.1, 0.15) is 6.61 Å². The fourth-order valence-electron chi connectivity index (χ4n) is 5.88. The van der Waals surface area contributed by atoms with Crippen molar-refractivity contribution in [2.24, 2.45) is 0 Å². The molecule has 6 rings (SSSR count). The third-order valence-corrected chi connectivity index (χ3v) is 8.01. The molecule has 1 aliphatic heterocycles. The molecule has 212 valence electrons. The summed E-state index contributed by atoms with van der Waals surface area (Å²) in [4.78, 5) is 28.6. The molecule has 1 amide bonds. The summed E-state index contributed by atoms with van der Waals surface area (Å²) < 4.78 is 8.33. The summed E-state index contributed by atoms with van der Waals surface area (Å²) in [5.74, 6) is -0.259. The molecule has 2 N–H and O–H groups in total. The van der Waals surface area contributed by atoms with Crippen LogP contribution in [0, 0.1) is 0 Å². The van der Waals surface area contributed by atoms with Gasteiger partial charge >= 0.3 is 0 Å². The molecule has 0 spiro atoms. The van der Waals surface area contributed by atoms with E-state index in [9.17, 15) is 9.59 Å². The van der Waals surface area contributed by atoms with Crippen molar-refractivity contribution in [3.8, 4) is 16.9 Å². The van der Waals surface area contributed by atoms with Gasteiger partial charge in [0.05, 0.1) is 5.52 Å². The number of nitrogens with zero attached hydrogens (tertiary/aromatic N) is 2. The van der Waals surface area contributed by atoms with Crippen LogP contribution in [0.4, 0.5) is 0 Å². The molecular weight excluding hydrogens is 526 g/mol. The number of amides is 1. The second-order valence-corrected chi connectivity index (χ2v) is 10.7. The fourth-order valence-corrected chi connectivity index (χ4v) is 5.88. The summed E-state index contributed by atoms with van der Waals surface area (Å²) >= 11 is 0. The van der Waals surface area contributed by atoms with E-state index < -0.39 is 5.91 Å². The van der Waals surface area contributed by atoms with E-state index in [2.05, 4.69) is 35.2 Å². The van der Waals surface area contributed by atoms with Gasteiger partial charge in [-0.1, -0.05) is 91.0 Å².